The molecule has 0 N–H and O–H groups in total. The number of aromatic nitrogens is 2. The largest absolute Gasteiger partial charge is 0.376 e. The Morgan fingerprint density at radius 2 is 1.70 bits per heavy atom. The van der Waals surface area contributed by atoms with Crippen molar-refractivity contribution in [2.75, 3.05) is 13.2 Å². The molecule has 2 aromatic carbocycles. The number of hydrogen-bond donors (Lipinski definition) is 0. The van der Waals surface area contributed by atoms with Gasteiger partial charge in [0.15, 0.2) is 0 Å². The van der Waals surface area contributed by atoms with Gasteiger partial charge in [0.1, 0.15) is 0 Å². The van der Waals surface area contributed by atoms with Crippen LogP contribution in [0.2, 0.25) is 0 Å². The molecule has 1 atom stereocenters. The lowest BCUT2D eigenvalue weighted by molar-refractivity contribution is -0.135. The van der Waals surface area contributed by atoms with Gasteiger partial charge in [-0.25, -0.2) is 13.4 Å². The van der Waals surface area contributed by atoms with Crippen LogP contribution in [0.1, 0.15) is 56.9 Å². The lowest BCUT2D eigenvalue weighted by Gasteiger charge is -2.29. The first-order chi connectivity index (χ1) is 17.6. The van der Waals surface area contributed by atoms with Gasteiger partial charge in [-0.05, 0) is 29.4 Å². The number of sulfone groups is 1. The Bertz CT molecular complexity index is 1280. The third-order valence-electron chi connectivity index (χ3n) is 6.40. The van der Waals surface area contributed by atoms with Crippen LogP contribution in [-0.4, -0.2) is 48.0 Å². The van der Waals surface area contributed by atoms with Crippen LogP contribution in [0.5, 0.6) is 0 Å². The minimum atomic E-state index is -3.73. The van der Waals surface area contributed by atoms with Gasteiger partial charge < -0.3 is 14.2 Å². The molecule has 1 aliphatic rings. The summed E-state index contributed by atoms with van der Waals surface area (Å²) in [5.74, 6) is -0.106. The summed E-state index contributed by atoms with van der Waals surface area (Å²) in [4.78, 5) is 19.6. The number of nitrogens with zero attached hydrogens (tertiary/aromatic N) is 3. The number of hydrogen-bond acceptors (Lipinski definition) is 5. The van der Waals surface area contributed by atoms with Crippen LogP contribution in [-0.2, 0) is 38.2 Å². The zero-order chi connectivity index (χ0) is 26.5. The van der Waals surface area contributed by atoms with Gasteiger partial charge in [0.05, 0.1) is 36.8 Å². The standard InChI is InChI=1S/C29H37N3O4S/c1-29(2,3)17-27(33)31(21-26-15-10-16-36-26)20-25-18-30-28(32(25)19-23-11-6-4-7-12-23)37(34,35)22-24-13-8-5-9-14-24/h4-9,11-14,18,26H,10,15-17,19-22H2,1-3H3. The van der Waals surface area contributed by atoms with Crippen LogP contribution in [0.4, 0.5) is 0 Å². The molecule has 1 aliphatic heterocycles. The lowest BCUT2D eigenvalue weighted by Crippen LogP contribution is -2.39. The van der Waals surface area contributed by atoms with E-state index in [0.717, 1.165) is 18.4 Å². The second-order valence-electron chi connectivity index (χ2n) is 11.0. The highest BCUT2D eigenvalue weighted by Gasteiger charge is 2.29. The van der Waals surface area contributed by atoms with E-state index in [-0.39, 0.29) is 34.9 Å². The summed E-state index contributed by atoms with van der Waals surface area (Å²) in [5, 5.41) is 0.0237. The van der Waals surface area contributed by atoms with Crippen molar-refractivity contribution in [3.63, 3.8) is 0 Å². The molecule has 0 aliphatic carbocycles. The van der Waals surface area contributed by atoms with Crippen LogP contribution in [0.25, 0.3) is 0 Å². The fourth-order valence-corrected chi connectivity index (χ4v) is 6.10. The second kappa shape index (κ2) is 11.6. The van der Waals surface area contributed by atoms with Gasteiger partial charge >= 0.3 is 0 Å². The summed E-state index contributed by atoms with van der Waals surface area (Å²) in [6.07, 6.45) is 3.90. The van der Waals surface area contributed by atoms with Crippen LogP contribution in [0.15, 0.2) is 72.0 Å². The monoisotopic (exact) mass is 523 g/mol. The predicted octanol–water partition coefficient (Wildman–Crippen LogP) is 4.85. The lowest BCUT2D eigenvalue weighted by atomic mass is 9.91. The predicted molar refractivity (Wildman–Crippen MR) is 144 cm³/mol. The maximum absolute atomic E-state index is 13.5. The van der Waals surface area contributed by atoms with Crippen molar-refractivity contribution in [1.29, 1.82) is 0 Å². The summed E-state index contributed by atoms with van der Waals surface area (Å²) in [6, 6.07) is 18.9. The molecule has 1 amide bonds. The molecular formula is C29H37N3O4S. The van der Waals surface area contributed by atoms with E-state index < -0.39 is 9.84 Å². The van der Waals surface area contributed by atoms with Crippen molar-refractivity contribution in [1.82, 2.24) is 14.5 Å². The normalized spacial score (nSPS) is 16.1. The highest BCUT2D eigenvalue weighted by molar-refractivity contribution is 7.90. The maximum Gasteiger partial charge on any atom is 0.228 e. The zero-order valence-corrected chi connectivity index (χ0v) is 22.8. The Labute approximate surface area is 220 Å². The van der Waals surface area contributed by atoms with Crippen molar-refractivity contribution >= 4 is 15.7 Å². The summed E-state index contributed by atoms with van der Waals surface area (Å²) in [6.45, 7) is 7.95. The quantitative estimate of drug-likeness (QED) is 0.380. The average molecular weight is 524 g/mol. The molecule has 0 saturated carbocycles. The number of amides is 1. The number of ether oxygens (including phenoxy) is 1. The first-order valence-corrected chi connectivity index (χ1v) is 14.5. The maximum atomic E-state index is 13.5. The molecule has 0 radical (unpaired) electrons. The summed E-state index contributed by atoms with van der Waals surface area (Å²) in [7, 11) is -3.73. The van der Waals surface area contributed by atoms with Crippen molar-refractivity contribution in [2.24, 2.45) is 5.41 Å². The van der Waals surface area contributed by atoms with Crippen molar-refractivity contribution in [2.45, 2.75) is 70.1 Å². The highest BCUT2D eigenvalue weighted by Crippen LogP contribution is 2.25. The molecule has 0 bridgehead atoms. The Morgan fingerprint density at radius 1 is 1.05 bits per heavy atom. The van der Waals surface area contributed by atoms with E-state index in [0.29, 0.717) is 37.4 Å². The van der Waals surface area contributed by atoms with Crippen molar-refractivity contribution in [3.8, 4) is 0 Å². The zero-order valence-electron chi connectivity index (χ0n) is 22.0. The average Bonchev–Trinajstić information content (AvgIpc) is 3.49. The van der Waals surface area contributed by atoms with Crippen LogP contribution in [0.3, 0.4) is 0 Å². The van der Waals surface area contributed by atoms with E-state index in [1.165, 1.54) is 0 Å². The second-order valence-corrected chi connectivity index (χ2v) is 12.9. The van der Waals surface area contributed by atoms with Gasteiger partial charge in [-0.2, -0.15) is 0 Å². The molecule has 1 unspecified atom stereocenters. The van der Waals surface area contributed by atoms with E-state index in [4.69, 9.17) is 4.74 Å². The Hall–Kier alpha value is -2.97. The third-order valence-corrected chi connectivity index (χ3v) is 7.99. The van der Waals surface area contributed by atoms with Crippen LogP contribution < -0.4 is 0 Å². The van der Waals surface area contributed by atoms with Gasteiger partial charge in [0, 0.05) is 19.6 Å². The highest BCUT2D eigenvalue weighted by atomic mass is 32.2. The number of carbonyl (C=O) groups is 1. The number of rotatable bonds is 10. The Balaban J connectivity index is 1.68. The minimum absolute atomic E-state index is 0.00398. The van der Waals surface area contributed by atoms with Gasteiger partial charge in [-0.1, -0.05) is 81.4 Å². The first kappa shape index (κ1) is 27.1. The summed E-state index contributed by atoms with van der Waals surface area (Å²) >= 11 is 0. The van der Waals surface area contributed by atoms with Crippen molar-refractivity contribution in [3.05, 3.63) is 83.7 Å². The molecule has 3 aromatic rings. The van der Waals surface area contributed by atoms with Gasteiger partial charge in [-0.15, -0.1) is 0 Å². The molecule has 37 heavy (non-hydrogen) atoms. The topological polar surface area (TPSA) is 81.5 Å². The molecule has 8 heteroatoms. The molecule has 198 valence electrons. The molecule has 7 nitrogen and oxygen atoms in total. The van der Waals surface area contributed by atoms with E-state index in [2.05, 4.69) is 4.98 Å². The fourth-order valence-electron chi connectivity index (χ4n) is 4.61. The molecule has 1 aromatic heterocycles. The number of imidazole rings is 1. The molecular weight excluding hydrogens is 486 g/mol. The molecule has 1 saturated heterocycles. The molecule has 2 heterocycles. The van der Waals surface area contributed by atoms with Gasteiger partial charge in [0.25, 0.3) is 0 Å². The smallest absolute Gasteiger partial charge is 0.228 e. The molecule has 0 spiro atoms. The summed E-state index contributed by atoms with van der Waals surface area (Å²) < 4.78 is 34.6. The van der Waals surface area contributed by atoms with Crippen LogP contribution in [0, 0.1) is 5.41 Å². The number of carbonyl (C=O) groups excluding carboxylic acids is 1. The van der Waals surface area contributed by atoms with Gasteiger partial charge in [0.2, 0.25) is 20.9 Å². The van der Waals surface area contributed by atoms with E-state index >= 15 is 0 Å². The first-order valence-electron chi connectivity index (χ1n) is 12.9. The number of benzene rings is 2. The van der Waals surface area contributed by atoms with E-state index in [9.17, 15) is 13.2 Å². The molecule has 4 rings (SSSR count). The fraction of sp³-hybridized carbons (Fsp3) is 0.448. The van der Waals surface area contributed by atoms with E-state index in [1.54, 1.807) is 22.9 Å². The SMILES string of the molecule is CC(C)(C)CC(=O)N(Cc1cnc(S(=O)(=O)Cc2ccccc2)n1Cc1ccccc1)CC1CCCO1. The minimum Gasteiger partial charge on any atom is -0.376 e. The van der Waals surface area contributed by atoms with Gasteiger partial charge in [-0.3, -0.25) is 4.79 Å². The van der Waals surface area contributed by atoms with Crippen molar-refractivity contribution < 1.29 is 17.9 Å². The Kier molecular flexibility index (Phi) is 8.49. The Morgan fingerprint density at radius 3 is 2.30 bits per heavy atom. The third kappa shape index (κ3) is 7.52. The van der Waals surface area contributed by atoms with E-state index in [1.807, 2.05) is 74.2 Å². The van der Waals surface area contributed by atoms with Crippen LogP contribution >= 0.6 is 0 Å². The summed E-state index contributed by atoms with van der Waals surface area (Å²) in [5.41, 5.74) is 2.19. The molecule has 1 fully saturated rings.